The Labute approximate surface area is 132 Å². The Morgan fingerprint density at radius 3 is 2.48 bits per heavy atom. The van der Waals surface area contributed by atoms with Crippen LogP contribution in [0.25, 0.3) is 0 Å². The lowest BCUT2D eigenvalue weighted by molar-refractivity contribution is 0.312. The van der Waals surface area contributed by atoms with E-state index in [4.69, 9.17) is 16.6 Å². The number of rotatable bonds is 5. The van der Waals surface area contributed by atoms with Crippen LogP contribution in [0.2, 0.25) is 5.15 Å². The van der Waals surface area contributed by atoms with Crippen LogP contribution in [0.15, 0.2) is 0 Å². The lowest BCUT2D eigenvalue weighted by Gasteiger charge is -2.31. The molecule has 0 radical (unpaired) electrons. The maximum atomic E-state index is 6.31. The zero-order valence-corrected chi connectivity index (χ0v) is 13.9. The molecule has 1 aromatic rings. The van der Waals surface area contributed by atoms with Gasteiger partial charge in [0.15, 0.2) is 0 Å². The molecule has 116 valence electrons. The van der Waals surface area contributed by atoms with Crippen molar-refractivity contribution in [2.75, 3.05) is 5.32 Å². The number of halogens is 1. The van der Waals surface area contributed by atoms with Gasteiger partial charge in [-0.25, -0.2) is 9.97 Å². The van der Waals surface area contributed by atoms with Crippen molar-refractivity contribution >= 4 is 17.4 Å². The Balaban J connectivity index is 1.78. The number of anilines is 1. The van der Waals surface area contributed by atoms with Crippen molar-refractivity contribution < 1.29 is 0 Å². The highest BCUT2D eigenvalue weighted by Gasteiger charge is 2.29. The van der Waals surface area contributed by atoms with E-state index >= 15 is 0 Å². The third-order valence-electron chi connectivity index (χ3n) is 5.03. The fraction of sp³-hybridized carbons (Fsp3) is 0.765. The standard InChI is InChI=1S/C17H26ClN3/c1-3-14(12-7-5-4-6-8-12)19-16-11(2)15(18)20-17(21-16)13-9-10-13/h12-14H,3-10H2,1-2H3,(H,19,20,21). The quantitative estimate of drug-likeness (QED) is 0.770. The second kappa shape index (κ2) is 6.51. The molecule has 3 rings (SSSR count). The molecule has 1 unspecified atom stereocenters. The smallest absolute Gasteiger partial charge is 0.137 e. The first-order valence-corrected chi connectivity index (χ1v) is 8.87. The maximum Gasteiger partial charge on any atom is 0.137 e. The van der Waals surface area contributed by atoms with Crippen LogP contribution in [0, 0.1) is 12.8 Å². The summed E-state index contributed by atoms with van der Waals surface area (Å²) in [4.78, 5) is 9.23. The van der Waals surface area contributed by atoms with Crippen molar-refractivity contribution in [3.63, 3.8) is 0 Å². The molecular formula is C17H26ClN3. The van der Waals surface area contributed by atoms with Gasteiger partial charge < -0.3 is 5.32 Å². The predicted octanol–water partition coefficient (Wildman–Crippen LogP) is 5.09. The van der Waals surface area contributed by atoms with Gasteiger partial charge in [0.2, 0.25) is 0 Å². The summed E-state index contributed by atoms with van der Waals surface area (Å²) >= 11 is 6.31. The van der Waals surface area contributed by atoms with Crippen LogP contribution in [-0.4, -0.2) is 16.0 Å². The van der Waals surface area contributed by atoms with Gasteiger partial charge in [-0.1, -0.05) is 37.8 Å². The number of nitrogens with zero attached hydrogens (tertiary/aromatic N) is 2. The van der Waals surface area contributed by atoms with E-state index in [2.05, 4.69) is 17.2 Å². The summed E-state index contributed by atoms with van der Waals surface area (Å²) in [7, 11) is 0. The Kier molecular flexibility index (Phi) is 4.68. The van der Waals surface area contributed by atoms with Crippen LogP contribution in [0.4, 0.5) is 5.82 Å². The van der Waals surface area contributed by atoms with Crippen molar-refractivity contribution in [1.82, 2.24) is 9.97 Å². The van der Waals surface area contributed by atoms with Crippen LogP contribution in [-0.2, 0) is 0 Å². The molecule has 0 bridgehead atoms. The summed E-state index contributed by atoms with van der Waals surface area (Å²) in [5.41, 5.74) is 0.996. The van der Waals surface area contributed by atoms with E-state index in [1.807, 2.05) is 6.92 Å². The molecule has 1 heterocycles. The van der Waals surface area contributed by atoms with Gasteiger partial charge in [0.05, 0.1) is 0 Å². The fourth-order valence-electron chi connectivity index (χ4n) is 3.44. The van der Waals surface area contributed by atoms with Gasteiger partial charge in [0.25, 0.3) is 0 Å². The van der Waals surface area contributed by atoms with Crippen molar-refractivity contribution in [3.05, 3.63) is 16.5 Å². The molecule has 1 N–H and O–H groups in total. The van der Waals surface area contributed by atoms with E-state index in [0.29, 0.717) is 17.1 Å². The van der Waals surface area contributed by atoms with Crippen molar-refractivity contribution in [3.8, 4) is 0 Å². The van der Waals surface area contributed by atoms with Gasteiger partial charge in [0.1, 0.15) is 16.8 Å². The summed E-state index contributed by atoms with van der Waals surface area (Å²) in [6, 6.07) is 0.516. The highest BCUT2D eigenvalue weighted by molar-refractivity contribution is 6.30. The third-order valence-corrected chi connectivity index (χ3v) is 5.40. The maximum absolute atomic E-state index is 6.31. The van der Waals surface area contributed by atoms with Gasteiger partial charge in [-0.05, 0) is 44.9 Å². The van der Waals surface area contributed by atoms with Crippen LogP contribution in [0.5, 0.6) is 0 Å². The molecule has 1 aromatic heterocycles. The molecule has 2 fully saturated rings. The van der Waals surface area contributed by atoms with Crippen molar-refractivity contribution in [1.29, 1.82) is 0 Å². The molecule has 2 aliphatic carbocycles. The number of aromatic nitrogens is 2. The summed E-state index contributed by atoms with van der Waals surface area (Å²) in [5, 5.41) is 4.31. The first-order valence-electron chi connectivity index (χ1n) is 8.49. The number of hydrogen-bond donors (Lipinski definition) is 1. The largest absolute Gasteiger partial charge is 0.367 e. The molecule has 0 spiro atoms. The minimum atomic E-state index is 0.516. The fourth-order valence-corrected chi connectivity index (χ4v) is 3.61. The summed E-state index contributed by atoms with van der Waals surface area (Å²) in [6.45, 7) is 4.29. The molecule has 0 aliphatic heterocycles. The van der Waals surface area contributed by atoms with Gasteiger partial charge in [-0.2, -0.15) is 0 Å². The van der Waals surface area contributed by atoms with Crippen molar-refractivity contribution in [2.45, 2.75) is 77.2 Å². The molecule has 21 heavy (non-hydrogen) atoms. The molecule has 3 nitrogen and oxygen atoms in total. The second-order valence-electron chi connectivity index (χ2n) is 6.68. The highest BCUT2D eigenvalue weighted by atomic mass is 35.5. The summed E-state index contributed by atoms with van der Waals surface area (Å²) in [6.07, 6.45) is 10.4. The Morgan fingerprint density at radius 1 is 1.14 bits per heavy atom. The number of hydrogen-bond acceptors (Lipinski definition) is 3. The van der Waals surface area contributed by atoms with Gasteiger partial charge in [-0.15, -0.1) is 0 Å². The topological polar surface area (TPSA) is 37.8 Å². The predicted molar refractivity (Wildman–Crippen MR) is 88.0 cm³/mol. The Morgan fingerprint density at radius 2 is 1.86 bits per heavy atom. The minimum Gasteiger partial charge on any atom is -0.367 e. The van der Waals surface area contributed by atoms with E-state index in [9.17, 15) is 0 Å². The SMILES string of the molecule is CCC(Nc1nc(C2CC2)nc(Cl)c1C)C1CCCCC1. The van der Waals surface area contributed by atoms with Crippen LogP contribution in [0.1, 0.15) is 75.6 Å². The average molecular weight is 308 g/mol. The molecule has 4 heteroatoms. The van der Waals surface area contributed by atoms with E-state index in [-0.39, 0.29) is 0 Å². The second-order valence-corrected chi connectivity index (χ2v) is 7.04. The summed E-state index contributed by atoms with van der Waals surface area (Å²) in [5.74, 6) is 3.22. The van der Waals surface area contributed by atoms with Crippen LogP contribution >= 0.6 is 11.6 Å². The van der Waals surface area contributed by atoms with Crippen LogP contribution < -0.4 is 5.32 Å². The van der Waals surface area contributed by atoms with Gasteiger partial charge >= 0.3 is 0 Å². The third kappa shape index (κ3) is 3.50. The van der Waals surface area contributed by atoms with E-state index in [1.54, 1.807) is 0 Å². The molecule has 0 aromatic carbocycles. The minimum absolute atomic E-state index is 0.516. The lowest BCUT2D eigenvalue weighted by Crippen LogP contribution is -2.31. The van der Waals surface area contributed by atoms with Crippen molar-refractivity contribution in [2.24, 2.45) is 5.92 Å². The average Bonchev–Trinajstić information content (AvgIpc) is 3.34. The molecule has 0 saturated heterocycles. The van der Waals surface area contributed by atoms with Crippen LogP contribution in [0.3, 0.4) is 0 Å². The molecule has 0 amide bonds. The molecule has 1 atom stereocenters. The zero-order chi connectivity index (χ0) is 14.8. The molecule has 2 saturated carbocycles. The first-order chi connectivity index (χ1) is 10.2. The van der Waals surface area contributed by atoms with E-state index in [1.165, 1.54) is 44.9 Å². The van der Waals surface area contributed by atoms with E-state index in [0.717, 1.165) is 29.5 Å². The van der Waals surface area contributed by atoms with Gasteiger partial charge in [0, 0.05) is 17.5 Å². The first kappa shape index (κ1) is 15.1. The lowest BCUT2D eigenvalue weighted by atomic mass is 9.83. The number of nitrogens with one attached hydrogen (secondary N) is 1. The monoisotopic (exact) mass is 307 g/mol. The molecular weight excluding hydrogens is 282 g/mol. The highest BCUT2D eigenvalue weighted by Crippen LogP contribution is 2.40. The summed E-state index contributed by atoms with van der Waals surface area (Å²) < 4.78 is 0. The molecule has 2 aliphatic rings. The Bertz CT molecular complexity index is 493. The zero-order valence-electron chi connectivity index (χ0n) is 13.2. The Hall–Kier alpha value is -0.830. The normalized spacial score (nSPS) is 21.3. The van der Waals surface area contributed by atoms with Gasteiger partial charge in [-0.3, -0.25) is 0 Å². The van der Waals surface area contributed by atoms with E-state index < -0.39 is 0 Å².